The molecule has 112 valence electrons. The van der Waals surface area contributed by atoms with Gasteiger partial charge in [-0.2, -0.15) is 5.10 Å². The van der Waals surface area contributed by atoms with E-state index in [0.717, 1.165) is 0 Å². The zero-order valence-electron chi connectivity index (χ0n) is 11.8. The molecule has 0 saturated carbocycles. The van der Waals surface area contributed by atoms with Gasteiger partial charge in [0.05, 0.1) is 20.3 Å². The minimum absolute atomic E-state index is 0.261. The van der Waals surface area contributed by atoms with Crippen molar-refractivity contribution in [1.29, 1.82) is 0 Å². The smallest absolute Gasteiger partial charge is 0.252 e. The number of carbonyl (C=O) groups is 1. The first-order valence-corrected chi connectivity index (χ1v) is 6.93. The van der Waals surface area contributed by atoms with Crippen molar-refractivity contribution in [2.75, 3.05) is 14.2 Å². The number of benzene rings is 1. The maximum atomic E-state index is 12.3. The molecule has 1 heterocycles. The summed E-state index contributed by atoms with van der Waals surface area (Å²) in [6.45, 7) is 1.81. The second-order valence-corrected chi connectivity index (χ2v) is 5.05. The van der Waals surface area contributed by atoms with Gasteiger partial charge in [-0.15, -0.1) is 0 Å². The third kappa shape index (κ3) is 3.33. The van der Waals surface area contributed by atoms with Gasteiger partial charge in [0.25, 0.3) is 5.91 Å². The lowest BCUT2D eigenvalue weighted by Gasteiger charge is -2.14. The average molecular weight is 355 g/mol. The number of nitrogens with zero attached hydrogens (tertiary/aromatic N) is 2. The van der Waals surface area contributed by atoms with E-state index in [4.69, 9.17) is 9.47 Å². The Morgan fingerprint density at radius 3 is 2.43 bits per heavy atom. The monoisotopic (exact) mass is 354 g/mol. The van der Waals surface area contributed by atoms with Crippen LogP contribution in [0.25, 0.3) is 0 Å². The van der Waals surface area contributed by atoms with Crippen LogP contribution in [0.15, 0.2) is 22.9 Å². The fraction of sp³-hybridized carbons (Fsp3) is 0.308. The van der Waals surface area contributed by atoms with Crippen LogP contribution >= 0.6 is 15.9 Å². The van der Waals surface area contributed by atoms with E-state index in [0.29, 0.717) is 27.4 Å². The van der Waals surface area contributed by atoms with E-state index in [1.165, 1.54) is 20.5 Å². The summed E-state index contributed by atoms with van der Waals surface area (Å²) in [4.78, 5) is 16.3. The summed E-state index contributed by atoms with van der Waals surface area (Å²) >= 11 is 3.36. The second kappa shape index (κ2) is 6.57. The number of aromatic amines is 1. The molecule has 21 heavy (non-hydrogen) atoms. The summed E-state index contributed by atoms with van der Waals surface area (Å²) in [7, 11) is 3.05. The SMILES string of the molecule is COc1cc(C(=O)NC(C)c2ncn[nH]2)cc(OC)c1Br. The maximum absolute atomic E-state index is 12.3. The number of hydrogen-bond donors (Lipinski definition) is 2. The Bertz CT molecular complexity index is 605. The van der Waals surface area contributed by atoms with E-state index in [2.05, 4.69) is 36.4 Å². The fourth-order valence-electron chi connectivity index (χ4n) is 1.77. The first-order chi connectivity index (χ1) is 10.1. The van der Waals surface area contributed by atoms with Crippen molar-refractivity contribution in [2.45, 2.75) is 13.0 Å². The first kappa shape index (κ1) is 15.3. The van der Waals surface area contributed by atoms with Crippen molar-refractivity contribution in [3.63, 3.8) is 0 Å². The van der Waals surface area contributed by atoms with Crippen LogP contribution in [0.3, 0.4) is 0 Å². The van der Waals surface area contributed by atoms with Gasteiger partial charge >= 0.3 is 0 Å². The van der Waals surface area contributed by atoms with Crippen LogP contribution in [-0.4, -0.2) is 35.3 Å². The lowest BCUT2D eigenvalue weighted by Crippen LogP contribution is -2.27. The van der Waals surface area contributed by atoms with Gasteiger partial charge in [-0.1, -0.05) is 0 Å². The van der Waals surface area contributed by atoms with Crippen LogP contribution in [0.1, 0.15) is 29.1 Å². The molecule has 2 aromatic rings. The topological polar surface area (TPSA) is 89.1 Å². The number of hydrogen-bond acceptors (Lipinski definition) is 5. The first-order valence-electron chi connectivity index (χ1n) is 6.14. The number of methoxy groups -OCH3 is 2. The van der Waals surface area contributed by atoms with E-state index in [1.54, 1.807) is 12.1 Å². The minimum atomic E-state index is -0.291. The maximum Gasteiger partial charge on any atom is 0.252 e. The van der Waals surface area contributed by atoms with Crippen LogP contribution in [0.4, 0.5) is 0 Å². The van der Waals surface area contributed by atoms with Crippen LogP contribution in [0, 0.1) is 0 Å². The Balaban J connectivity index is 2.23. The molecular formula is C13H15BrN4O3. The Kier molecular flexibility index (Phi) is 4.79. The number of nitrogens with one attached hydrogen (secondary N) is 2. The van der Waals surface area contributed by atoms with Gasteiger partial charge in [-0.05, 0) is 35.0 Å². The number of rotatable bonds is 5. The highest BCUT2D eigenvalue weighted by atomic mass is 79.9. The third-order valence-electron chi connectivity index (χ3n) is 2.90. The molecule has 7 nitrogen and oxygen atoms in total. The molecule has 1 amide bonds. The molecule has 1 atom stereocenters. The van der Waals surface area contributed by atoms with Crippen molar-refractivity contribution in [3.8, 4) is 11.5 Å². The molecule has 0 spiro atoms. The van der Waals surface area contributed by atoms with Gasteiger partial charge in [-0.3, -0.25) is 9.89 Å². The zero-order valence-corrected chi connectivity index (χ0v) is 13.4. The predicted octanol–water partition coefficient (Wildman–Crippen LogP) is 2.08. The molecule has 1 aromatic carbocycles. The Morgan fingerprint density at radius 2 is 1.95 bits per heavy atom. The number of amides is 1. The molecule has 0 saturated heterocycles. The highest BCUT2D eigenvalue weighted by molar-refractivity contribution is 9.10. The highest BCUT2D eigenvalue weighted by Crippen LogP contribution is 2.35. The van der Waals surface area contributed by atoms with Crippen molar-refractivity contribution in [2.24, 2.45) is 0 Å². The average Bonchev–Trinajstić information content (AvgIpc) is 3.01. The molecule has 0 aliphatic carbocycles. The molecule has 1 aromatic heterocycles. The van der Waals surface area contributed by atoms with Crippen molar-refractivity contribution >= 4 is 21.8 Å². The molecule has 0 fully saturated rings. The van der Waals surface area contributed by atoms with Crippen molar-refractivity contribution < 1.29 is 14.3 Å². The highest BCUT2D eigenvalue weighted by Gasteiger charge is 2.17. The summed E-state index contributed by atoms with van der Waals surface area (Å²) in [6, 6.07) is 2.98. The lowest BCUT2D eigenvalue weighted by molar-refractivity contribution is 0.0937. The van der Waals surface area contributed by atoms with E-state index in [-0.39, 0.29) is 11.9 Å². The van der Waals surface area contributed by atoms with Crippen molar-refractivity contribution in [3.05, 3.63) is 34.3 Å². The standard InChI is InChI=1S/C13H15BrN4O3/c1-7(12-15-6-16-18-12)17-13(19)8-4-9(20-2)11(14)10(5-8)21-3/h4-7H,1-3H3,(H,17,19)(H,15,16,18). The summed E-state index contributed by atoms with van der Waals surface area (Å²) in [6.07, 6.45) is 1.39. The lowest BCUT2D eigenvalue weighted by atomic mass is 10.1. The van der Waals surface area contributed by atoms with Crippen LogP contribution < -0.4 is 14.8 Å². The number of H-pyrrole nitrogens is 1. The second-order valence-electron chi connectivity index (χ2n) is 4.26. The van der Waals surface area contributed by atoms with Gasteiger partial charge in [-0.25, -0.2) is 4.98 Å². The normalized spacial score (nSPS) is 11.8. The van der Waals surface area contributed by atoms with Gasteiger partial charge in [0.15, 0.2) is 0 Å². The Labute approximate surface area is 130 Å². The fourth-order valence-corrected chi connectivity index (χ4v) is 2.33. The number of ether oxygens (including phenoxy) is 2. The third-order valence-corrected chi connectivity index (χ3v) is 3.68. The molecule has 0 bridgehead atoms. The summed E-state index contributed by atoms with van der Waals surface area (Å²) in [5, 5.41) is 9.29. The predicted molar refractivity (Wildman–Crippen MR) is 79.5 cm³/mol. The summed E-state index contributed by atoms with van der Waals surface area (Å²) < 4.78 is 11.1. The Hall–Kier alpha value is -2.09. The molecule has 0 aliphatic rings. The molecule has 8 heteroatoms. The quantitative estimate of drug-likeness (QED) is 0.857. The van der Waals surface area contributed by atoms with E-state index in [1.807, 2.05) is 6.92 Å². The molecule has 0 radical (unpaired) electrons. The summed E-state index contributed by atoms with van der Waals surface area (Å²) in [5.41, 5.74) is 0.429. The van der Waals surface area contributed by atoms with Crippen LogP contribution in [-0.2, 0) is 0 Å². The van der Waals surface area contributed by atoms with E-state index in [9.17, 15) is 4.79 Å². The molecule has 2 rings (SSSR count). The van der Waals surface area contributed by atoms with Gasteiger partial charge in [0, 0.05) is 5.56 Å². The van der Waals surface area contributed by atoms with Crippen molar-refractivity contribution in [1.82, 2.24) is 20.5 Å². The number of halogens is 1. The van der Waals surface area contributed by atoms with Gasteiger partial charge < -0.3 is 14.8 Å². The van der Waals surface area contributed by atoms with Crippen LogP contribution in [0.2, 0.25) is 0 Å². The number of aromatic nitrogens is 3. The van der Waals surface area contributed by atoms with E-state index >= 15 is 0 Å². The Morgan fingerprint density at radius 1 is 1.33 bits per heavy atom. The molecule has 0 aliphatic heterocycles. The molecule has 2 N–H and O–H groups in total. The molecular weight excluding hydrogens is 340 g/mol. The molecule has 1 unspecified atom stereocenters. The van der Waals surface area contributed by atoms with Crippen LogP contribution in [0.5, 0.6) is 11.5 Å². The van der Waals surface area contributed by atoms with E-state index < -0.39 is 0 Å². The van der Waals surface area contributed by atoms with Gasteiger partial charge in [0.2, 0.25) is 0 Å². The zero-order chi connectivity index (χ0) is 15.4. The minimum Gasteiger partial charge on any atom is -0.495 e. The van der Waals surface area contributed by atoms with Gasteiger partial charge in [0.1, 0.15) is 28.1 Å². The number of carbonyl (C=O) groups excluding carboxylic acids is 1. The summed E-state index contributed by atoms with van der Waals surface area (Å²) in [5.74, 6) is 1.36. The largest absolute Gasteiger partial charge is 0.495 e.